The van der Waals surface area contributed by atoms with E-state index in [2.05, 4.69) is 26.6 Å². The number of halogens is 1. The molecule has 3 atom stereocenters. The van der Waals surface area contributed by atoms with E-state index in [9.17, 15) is 9.59 Å². The van der Waals surface area contributed by atoms with Crippen LogP contribution in [0.3, 0.4) is 0 Å². The van der Waals surface area contributed by atoms with Crippen LogP contribution in [0.1, 0.15) is 24.9 Å². The summed E-state index contributed by atoms with van der Waals surface area (Å²) in [6, 6.07) is 11.0. The van der Waals surface area contributed by atoms with Crippen LogP contribution in [0.2, 0.25) is 0 Å². The van der Waals surface area contributed by atoms with Gasteiger partial charge in [-0.1, -0.05) is 35.0 Å². The Labute approximate surface area is 187 Å². The molecule has 31 heavy (non-hydrogen) atoms. The van der Waals surface area contributed by atoms with Gasteiger partial charge in [-0.05, 0) is 42.2 Å². The lowest BCUT2D eigenvalue weighted by molar-refractivity contribution is -0.151. The van der Waals surface area contributed by atoms with Gasteiger partial charge in [-0.2, -0.15) is 0 Å². The third-order valence-electron chi connectivity index (χ3n) is 6.03. The molecule has 0 spiro atoms. The van der Waals surface area contributed by atoms with Crippen molar-refractivity contribution in [1.29, 1.82) is 0 Å². The van der Waals surface area contributed by atoms with E-state index in [4.69, 9.17) is 14.2 Å². The summed E-state index contributed by atoms with van der Waals surface area (Å²) in [5.41, 5.74) is 3.91. The minimum absolute atomic E-state index is 0.155. The van der Waals surface area contributed by atoms with Crippen molar-refractivity contribution in [1.82, 2.24) is 0 Å². The molecular formula is C23H21BrN2O5. The average molecular weight is 485 g/mol. The van der Waals surface area contributed by atoms with E-state index in [1.54, 1.807) is 0 Å². The number of allylic oxidation sites excluding steroid dienone is 1. The lowest BCUT2D eigenvalue weighted by Gasteiger charge is -2.32. The van der Waals surface area contributed by atoms with Crippen LogP contribution < -0.4 is 20.1 Å². The fourth-order valence-corrected chi connectivity index (χ4v) is 5.07. The summed E-state index contributed by atoms with van der Waals surface area (Å²) in [5.74, 6) is -0.500. The molecule has 3 unspecified atom stereocenters. The molecule has 7 nitrogen and oxygen atoms in total. The van der Waals surface area contributed by atoms with Gasteiger partial charge in [-0.15, -0.1) is 0 Å². The number of ether oxygens (including phenoxy) is 3. The molecule has 0 bridgehead atoms. The Morgan fingerprint density at radius 2 is 1.87 bits per heavy atom. The Kier molecular flexibility index (Phi) is 4.89. The Morgan fingerprint density at radius 1 is 1.16 bits per heavy atom. The van der Waals surface area contributed by atoms with Crippen LogP contribution in [0.25, 0.3) is 0 Å². The SMILES string of the molecule is COC(=O)C1C(=O)C2=C(CC1C)Nc1ccccc1NC2c1cc2c(cc1Br)OCO2. The summed E-state index contributed by atoms with van der Waals surface area (Å²) < 4.78 is 16.8. The number of anilines is 2. The summed E-state index contributed by atoms with van der Waals surface area (Å²) in [7, 11) is 1.32. The van der Waals surface area contributed by atoms with Crippen LogP contribution in [0.5, 0.6) is 11.5 Å². The van der Waals surface area contributed by atoms with E-state index >= 15 is 0 Å². The summed E-state index contributed by atoms with van der Waals surface area (Å²) in [5, 5.41) is 6.95. The Balaban J connectivity index is 1.69. The number of carbonyl (C=O) groups is 2. The predicted octanol–water partition coefficient (Wildman–Crippen LogP) is 4.41. The Morgan fingerprint density at radius 3 is 2.61 bits per heavy atom. The van der Waals surface area contributed by atoms with Crippen LogP contribution >= 0.6 is 15.9 Å². The van der Waals surface area contributed by atoms with E-state index in [0.717, 1.165) is 27.1 Å². The standard InChI is InChI=1S/C23H21BrN2O5/c1-11-7-16-20(22(27)19(11)23(28)29-2)21(26-15-6-4-3-5-14(15)25-16)12-8-17-18(9-13(12)24)31-10-30-17/h3-6,8-9,11,19,21,25-26H,7,10H2,1-2H3. The number of ketones is 1. The van der Waals surface area contributed by atoms with Gasteiger partial charge < -0.3 is 24.8 Å². The smallest absolute Gasteiger partial charge is 0.316 e. The van der Waals surface area contributed by atoms with Crippen molar-refractivity contribution in [2.45, 2.75) is 19.4 Å². The molecule has 0 saturated carbocycles. The van der Waals surface area contributed by atoms with Gasteiger partial charge >= 0.3 is 5.97 Å². The van der Waals surface area contributed by atoms with Crippen LogP contribution in [0.15, 0.2) is 52.1 Å². The maximum Gasteiger partial charge on any atom is 0.316 e. The zero-order valence-corrected chi connectivity index (χ0v) is 18.6. The van der Waals surface area contributed by atoms with E-state index < -0.39 is 17.9 Å². The molecule has 0 amide bonds. The number of hydrogen-bond acceptors (Lipinski definition) is 7. The van der Waals surface area contributed by atoms with Crippen molar-refractivity contribution < 1.29 is 23.8 Å². The zero-order chi connectivity index (χ0) is 21.7. The number of rotatable bonds is 2. The quantitative estimate of drug-likeness (QED) is 0.482. The Bertz CT molecular complexity index is 1130. The summed E-state index contributed by atoms with van der Waals surface area (Å²) >= 11 is 3.64. The number of carbonyl (C=O) groups excluding carboxylic acids is 2. The minimum atomic E-state index is -0.844. The highest BCUT2D eigenvalue weighted by Crippen LogP contribution is 2.47. The topological polar surface area (TPSA) is 85.9 Å². The first-order chi connectivity index (χ1) is 15.0. The van der Waals surface area contributed by atoms with Crippen LogP contribution in [0, 0.1) is 11.8 Å². The third kappa shape index (κ3) is 3.26. The number of fused-ring (bicyclic) bond motifs is 2. The molecular weight excluding hydrogens is 464 g/mol. The third-order valence-corrected chi connectivity index (χ3v) is 6.71. The van der Waals surface area contributed by atoms with Gasteiger partial charge in [0.1, 0.15) is 5.92 Å². The molecule has 2 aromatic rings. The van der Waals surface area contributed by atoms with Gasteiger partial charge in [0.2, 0.25) is 6.79 Å². The molecule has 0 fully saturated rings. The molecule has 5 rings (SSSR count). The maximum absolute atomic E-state index is 13.7. The van der Waals surface area contributed by atoms with Crippen molar-refractivity contribution in [3.63, 3.8) is 0 Å². The first-order valence-electron chi connectivity index (χ1n) is 10.0. The summed E-state index contributed by atoms with van der Waals surface area (Å²) in [6.07, 6.45) is 0.551. The molecule has 160 valence electrons. The number of methoxy groups -OCH3 is 1. The summed E-state index contributed by atoms with van der Waals surface area (Å²) in [6.45, 7) is 2.06. The predicted molar refractivity (Wildman–Crippen MR) is 118 cm³/mol. The van der Waals surface area contributed by atoms with E-state index in [1.807, 2.05) is 43.3 Å². The lowest BCUT2D eigenvalue weighted by atomic mass is 9.75. The van der Waals surface area contributed by atoms with Gasteiger partial charge in [0, 0.05) is 15.7 Å². The average Bonchev–Trinajstić information content (AvgIpc) is 3.13. The monoisotopic (exact) mass is 484 g/mol. The first kappa shape index (κ1) is 19.9. The highest BCUT2D eigenvalue weighted by atomic mass is 79.9. The van der Waals surface area contributed by atoms with Gasteiger partial charge in [0.15, 0.2) is 17.3 Å². The first-order valence-corrected chi connectivity index (χ1v) is 10.8. The van der Waals surface area contributed by atoms with Crippen molar-refractivity contribution in [2.75, 3.05) is 24.5 Å². The number of esters is 1. The largest absolute Gasteiger partial charge is 0.468 e. The normalized spacial score (nSPS) is 23.8. The molecule has 3 aliphatic rings. The van der Waals surface area contributed by atoms with Gasteiger partial charge in [-0.25, -0.2) is 0 Å². The summed E-state index contributed by atoms with van der Waals surface area (Å²) in [4.78, 5) is 26.2. The number of hydrogen-bond donors (Lipinski definition) is 2. The van der Waals surface area contributed by atoms with Crippen LogP contribution in [-0.2, 0) is 14.3 Å². The molecule has 0 radical (unpaired) electrons. The Hall–Kier alpha value is -3.00. The van der Waals surface area contributed by atoms with Crippen molar-refractivity contribution in [3.8, 4) is 11.5 Å². The second kappa shape index (κ2) is 7.60. The zero-order valence-electron chi connectivity index (χ0n) is 17.0. The molecule has 2 aliphatic heterocycles. The maximum atomic E-state index is 13.7. The number of para-hydroxylation sites is 2. The number of nitrogens with one attached hydrogen (secondary N) is 2. The van der Waals surface area contributed by atoms with Gasteiger partial charge in [-0.3, -0.25) is 9.59 Å². The highest BCUT2D eigenvalue weighted by molar-refractivity contribution is 9.10. The van der Waals surface area contributed by atoms with Crippen molar-refractivity contribution in [3.05, 3.63) is 57.7 Å². The van der Waals surface area contributed by atoms with Gasteiger partial charge in [0.25, 0.3) is 0 Å². The fourth-order valence-electron chi connectivity index (χ4n) is 4.52. The van der Waals surface area contributed by atoms with Crippen molar-refractivity contribution >= 4 is 39.1 Å². The molecule has 2 N–H and O–H groups in total. The molecule has 2 heterocycles. The highest BCUT2D eigenvalue weighted by Gasteiger charge is 2.44. The van der Waals surface area contributed by atoms with E-state index in [1.165, 1.54) is 7.11 Å². The second-order valence-electron chi connectivity index (χ2n) is 7.91. The minimum Gasteiger partial charge on any atom is -0.468 e. The molecule has 1 aliphatic carbocycles. The molecule has 8 heteroatoms. The molecule has 0 aromatic heterocycles. The molecule has 2 aromatic carbocycles. The lowest BCUT2D eigenvalue weighted by Crippen LogP contribution is -2.39. The second-order valence-corrected chi connectivity index (χ2v) is 8.77. The van der Waals surface area contributed by atoms with Crippen LogP contribution in [-0.4, -0.2) is 25.7 Å². The van der Waals surface area contributed by atoms with Gasteiger partial charge in [0.05, 0.1) is 24.5 Å². The molecule has 0 saturated heterocycles. The number of benzene rings is 2. The fraction of sp³-hybridized carbons (Fsp3) is 0.304. The van der Waals surface area contributed by atoms with Crippen molar-refractivity contribution in [2.24, 2.45) is 11.8 Å². The number of Topliss-reactive ketones (excluding diaryl/α,β-unsaturated/α-hetero) is 1. The van der Waals surface area contributed by atoms with Crippen LogP contribution in [0.4, 0.5) is 11.4 Å². The van der Waals surface area contributed by atoms with E-state index in [0.29, 0.717) is 23.5 Å². The van der Waals surface area contributed by atoms with E-state index in [-0.39, 0.29) is 18.5 Å².